The summed E-state index contributed by atoms with van der Waals surface area (Å²) >= 11 is 2.08. The van der Waals surface area contributed by atoms with Crippen molar-refractivity contribution in [3.63, 3.8) is 0 Å². The molecule has 0 bridgehead atoms. The number of halogens is 2. The Morgan fingerprint density at radius 3 is 2.44 bits per heavy atom. The third kappa shape index (κ3) is 2.18. The molecule has 0 amide bonds. The number of hydrazine groups is 1. The molecule has 6 heteroatoms. The Kier molecular flexibility index (Phi) is 3.41. The minimum absolute atomic E-state index is 0.123. The molecule has 0 aliphatic carbocycles. The van der Waals surface area contributed by atoms with Crippen LogP contribution in [0, 0.1) is 5.82 Å². The lowest BCUT2D eigenvalue weighted by molar-refractivity contribution is -0.138. The zero-order valence-electron chi connectivity index (χ0n) is 8.15. The number of benzene rings is 1. The minimum atomic E-state index is -0.892. The number of rotatable bonds is 2. The number of carbonyl (C=O) groups is 1. The van der Waals surface area contributed by atoms with Gasteiger partial charge in [-0.15, -0.1) is 0 Å². The van der Waals surface area contributed by atoms with Gasteiger partial charge in [-0.1, -0.05) is 34.7 Å². The summed E-state index contributed by atoms with van der Waals surface area (Å²) in [7, 11) is 0. The van der Waals surface area contributed by atoms with Crippen LogP contribution in [0.4, 0.5) is 4.39 Å². The van der Waals surface area contributed by atoms with Gasteiger partial charge in [0.1, 0.15) is 11.9 Å². The molecule has 0 aromatic heterocycles. The molecule has 1 aromatic carbocycles. The molecule has 3 N–H and O–H groups in total. The molecular formula is C10H10FIN2O2. The molecule has 3 atom stereocenters. The molecule has 0 spiro atoms. The molecule has 1 saturated heterocycles. The lowest BCUT2D eigenvalue weighted by Gasteiger charge is -2.14. The van der Waals surface area contributed by atoms with E-state index in [2.05, 4.69) is 33.4 Å². The number of carboxylic acids is 1. The summed E-state index contributed by atoms with van der Waals surface area (Å²) in [4.78, 5) is 10.9. The lowest BCUT2D eigenvalue weighted by atomic mass is 10.0. The van der Waals surface area contributed by atoms with Crippen LogP contribution in [0.15, 0.2) is 24.3 Å². The highest BCUT2D eigenvalue weighted by molar-refractivity contribution is 14.1. The number of carboxylic acid groups (broad SMARTS) is 1. The van der Waals surface area contributed by atoms with E-state index in [1.807, 2.05) is 0 Å². The topological polar surface area (TPSA) is 61.4 Å². The standard InChI is InChI=1S/C10H10FIN2O2/c11-6-3-1-5(2-4-6)8-7(12)9(10(15)16)14-13-8/h1-4,7-9,13-14H,(H,15,16). The molecule has 4 nitrogen and oxygen atoms in total. The highest BCUT2D eigenvalue weighted by Crippen LogP contribution is 2.29. The van der Waals surface area contributed by atoms with E-state index in [9.17, 15) is 9.18 Å². The summed E-state index contributed by atoms with van der Waals surface area (Å²) in [6, 6.07) is 5.30. The monoisotopic (exact) mass is 336 g/mol. The molecule has 0 saturated carbocycles. The second-order valence-corrected chi connectivity index (χ2v) is 5.02. The summed E-state index contributed by atoms with van der Waals surface area (Å²) in [6.07, 6.45) is 0. The first-order chi connectivity index (χ1) is 7.59. The van der Waals surface area contributed by atoms with E-state index < -0.39 is 12.0 Å². The van der Waals surface area contributed by atoms with Crippen LogP contribution in [0.3, 0.4) is 0 Å². The number of alkyl halides is 1. The van der Waals surface area contributed by atoms with Crippen LogP contribution >= 0.6 is 22.6 Å². The highest BCUT2D eigenvalue weighted by Gasteiger charge is 2.39. The average Bonchev–Trinajstić information content (AvgIpc) is 2.61. The van der Waals surface area contributed by atoms with Crippen LogP contribution < -0.4 is 10.9 Å². The van der Waals surface area contributed by atoms with Crippen LogP contribution in [-0.2, 0) is 4.79 Å². The lowest BCUT2D eigenvalue weighted by Crippen LogP contribution is -2.38. The Morgan fingerprint density at radius 1 is 1.31 bits per heavy atom. The second-order valence-electron chi connectivity index (χ2n) is 3.58. The molecule has 1 fully saturated rings. The van der Waals surface area contributed by atoms with Crippen molar-refractivity contribution in [3.8, 4) is 0 Å². The first-order valence-electron chi connectivity index (χ1n) is 4.73. The molecule has 3 unspecified atom stereocenters. The molecule has 86 valence electrons. The van der Waals surface area contributed by atoms with E-state index in [0.29, 0.717) is 0 Å². The Labute approximate surface area is 105 Å². The Hall–Kier alpha value is -0.730. The van der Waals surface area contributed by atoms with E-state index in [0.717, 1.165) is 5.56 Å². The van der Waals surface area contributed by atoms with Gasteiger partial charge in [-0.2, -0.15) is 0 Å². The normalized spacial score (nSPS) is 29.2. The molecule has 1 aliphatic heterocycles. The fourth-order valence-electron chi connectivity index (χ4n) is 1.67. The third-order valence-electron chi connectivity index (χ3n) is 2.53. The zero-order chi connectivity index (χ0) is 11.7. The van der Waals surface area contributed by atoms with Gasteiger partial charge >= 0.3 is 5.97 Å². The van der Waals surface area contributed by atoms with E-state index in [4.69, 9.17) is 5.11 Å². The molecule has 1 heterocycles. The maximum atomic E-state index is 12.7. The van der Waals surface area contributed by atoms with Gasteiger partial charge < -0.3 is 5.11 Å². The van der Waals surface area contributed by atoms with Crippen LogP contribution in [-0.4, -0.2) is 21.0 Å². The van der Waals surface area contributed by atoms with Crippen molar-refractivity contribution in [1.82, 2.24) is 10.9 Å². The Morgan fingerprint density at radius 2 is 1.94 bits per heavy atom. The SMILES string of the molecule is O=C(O)C1NNC(c2ccc(F)cc2)C1I. The quantitative estimate of drug-likeness (QED) is 0.562. The molecule has 2 rings (SSSR count). The Balaban J connectivity index is 2.18. The van der Waals surface area contributed by atoms with E-state index in [-0.39, 0.29) is 15.8 Å². The number of aliphatic carboxylic acids is 1. The van der Waals surface area contributed by atoms with Crippen molar-refractivity contribution in [2.45, 2.75) is 16.0 Å². The Bertz CT molecular complexity index is 398. The van der Waals surface area contributed by atoms with E-state index in [1.54, 1.807) is 12.1 Å². The van der Waals surface area contributed by atoms with Gasteiger partial charge in [0.05, 0.1) is 9.97 Å². The summed E-state index contributed by atoms with van der Waals surface area (Å²) in [5, 5.41) is 8.93. The predicted octanol–water partition coefficient (Wildman–Crippen LogP) is 1.23. The third-order valence-corrected chi connectivity index (χ3v) is 3.96. The van der Waals surface area contributed by atoms with Crippen molar-refractivity contribution < 1.29 is 14.3 Å². The van der Waals surface area contributed by atoms with Crippen molar-refractivity contribution >= 4 is 28.6 Å². The predicted molar refractivity (Wildman–Crippen MR) is 64.6 cm³/mol. The fourth-order valence-corrected chi connectivity index (χ4v) is 2.75. The molecule has 1 aromatic rings. The van der Waals surface area contributed by atoms with Gasteiger partial charge in [0, 0.05) is 0 Å². The second kappa shape index (κ2) is 4.64. The summed E-state index contributed by atoms with van der Waals surface area (Å²) < 4.78 is 12.6. The summed E-state index contributed by atoms with van der Waals surface area (Å²) in [6.45, 7) is 0. The first kappa shape index (κ1) is 11.7. The van der Waals surface area contributed by atoms with Gasteiger partial charge in [0.15, 0.2) is 0 Å². The van der Waals surface area contributed by atoms with Crippen LogP contribution in [0.5, 0.6) is 0 Å². The fraction of sp³-hybridized carbons (Fsp3) is 0.300. The maximum absolute atomic E-state index is 12.7. The van der Waals surface area contributed by atoms with Gasteiger partial charge in [-0.25, -0.2) is 15.2 Å². The largest absolute Gasteiger partial charge is 0.480 e. The maximum Gasteiger partial charge on any atom is 0.323 e. The molecule has 1 aliphatic rings. The number of hydrogen-bond donors (Lipinski definition) is 3. The van der Waals surface area contributed by atoms with Crippen molar-refractivity contribution in [2.75, 3.05) is 0 Å². The smallest absolute Gasteiger partial charge is 0.323 e. The van der Waals surface area contributed by atoms with Crippen molar-refractivity contribution in [3.05, 3.63) is 35.6 Å². The molecular weight excluding hydrogens is 326 g/mol. The van der Waals surface area contributed by atoms with Crippen molar-refractivity contribution in [1.29, 1.82) is 0 Å². The van der Waals surface area contributed by atoms with Gasteiger partial charge in [0.25, 0.3) is 0 Å². The molecule has 16 heavy (non-hydrogen) atoms. The summed E-state index contributed by atoms with van der Waals surface area (Å²) in [5.74, 6) is -1.19. The summed E-state index contributed by atoms with van der Waals surface area (Å²) in [5.41, 5.74) is 6.50. The number of hydrogen-bond acceptors (Lipinski definition) is 3. The number of nitrogens with one attached hydrogen (secondary N) is 2. The zero-order valence-corrected chi connectivity index (χ0v) is 10.3. The first-order valence-corrected chi connectivity index (χ1v) is 5.97. The van der Waals surface area contributed by atoms with Crippen LogP contribution in [0.2, 0.25) is 0 Å². The van der Waals surface area contributed by atoms with E-state index in [1.165, 1.54) is 12.1 Å². The van der Waals surface area contributed by atoms with Crippen LogP contribution in [0.1, 0.15) is 11.6 Å². The van der Waals surface area contributed by atoms with Gasteiger partial charge in [0.2, 0.25) is 0 Å². The van der Waals surface area contributed by atoms with Gasteiger partial charge in [-0.05, 0) is 17.7 Å². The average molecular weight is 336 g/mol. The van der Waals surface area contributed by atoms with Crippen molar-refractivity contribution in [2.24, 2.45) is 0 Å². The minimum Gasteiger partial charge on any atom is -0.480 e. The van der Waals surface area contributed by atoms with Crippen LogP contribution in [0.25, 0.3) is 0 Å². The highest BCUT2D eigenvalue weighted by atomic mass is 127. The molecule has 0 radical (unpaired) electrons. The van der Waals surface area contributed by atoms with Gasteiger partial charge in [-0.3, -0.25) is 4.79 Å². The van der Waals surface area contributed by atoms with E-state index >= 15 is 0 Å².